The number of sulfonamides is 1. The molecule has 1 fully saturated rings. The number of carbonyl (C=O) groups excluding carboxylic acids is 2. The lowest BCUT2D eigenvalue weighted by molar-refractivity contribution is 0.0650. The molecule has 1 amide bonds. The van der Waals surface area contributed by atoms with Gasteiger partial charge in [-0.3, -0.25) is 9.59 Å². The summed E-state index contributed by atoms with van der Waals surface area (Å²) in [5.41, 5.74) is 2.27. The Balaban J connectivity index is 1.34. The highest BCUT2D eigenvalue weighted by Crippen LogP contribution is 2.24. The first kappa shape index (κ1) is 23.4. The number of rotatable bonds is 7. The van der Waals surface area contributed by atoms with Gasteiger partial charge >= 0.3 is 0 Å². The average molecular weight is 483 g/mol. The molecule has 6 nitrogen and oxygen atoms in total. The van der Waals surface area contributed by atoms with Crippen molar-refractivity contribution in [3.63, 3.8) is 0 Å². The quantitative estimate of drug-likeness (QED) is 0.510. The van der Waals surface area contributed by atoms with E-state index in [2.05, 4.69) is 4.72 Å². The van der Waals surface area contributed by atoms with E-state index in [0.717, 1.165) is 16.0 Å². The van der Waals surface area contributed by atoms with Crippen molar-refractivity contribution in [1.29, 1.82) is 0 Å². The van der Waals surface area contributed by atoms with Crippen LogP contribution in [0.3, 0.4) is 0 Å². The van der Waals surface area contributed by atoms with Gasteiger partial charge in [0.2, 0.25) is 10.0 Å². The van der Waals surface area contributed by atoms with Crippen LogP contribution in [0, 0.1) is 12.8 Å². The number of ketones is 1. The molecular formula is C25H26N2O4S2. The molecule has 0 unspecified atom stereocenters. The minimum atomic E-state index is -3.66. The number of carbonyl (C=O) groups is 2. The van der Waals surface area contributed by atoms with Gasteiger partial charge in [0.25, 0.3) is 5.91 Å². The molecule has 1 saturated heterocycles. The zero-order valence-corrected chi connectivity index (χ0v) is 20.0. The average Bonchev–Trinajstić information content (AvgIpc) is 3.37. The minimum absolute atomic E-state index is 0.0845. The lowest BCUT2D eigenvalue weighted by atomic mass is 9.88. The maximum atomic E-state index is 12.9. The summed E-state index contributed by atoms with van der Waals surface area (Å²) in [4.78, 5) is 28.4. The molecule has 4 rings (SSSR count). The molecule has 1 N–H and O–H groups in total. The van der Waals surface area contributed by atoms with Gasteiger partial charge in [0, 0.05) is 41.6 Å². The summed E-state index contributed by atoms with van der Waals surface area (Å²) in [5.74, 6) is -0.0999. The lowest BCUT2D eigenvalue weighted by Crippen LogP contribution is -2.40. The zero-order chi connectivity index (χ0) is 23.4. The number of hydrogen-bond donors (Lipinski definition) is 1. The normalized spacial score (nSPS) is 14.9. The second-order valence-electron chi connectivity index (χ2n) is 8.23. The van der Waals surface area contributed by atoms with Gasteiger partial charge in [0.05, 0.1) is 4.90 Å². The second-order valence-corrected chi connectivity index (χ2v) is 11.0. The number of benzene rings is 2. The Morgan fingerprint density at radius 3 is 2.21 bits per heavy atom. The van der Waals surface area contributed by atoms with Crippen LogP contribution in [0.1, 0.15) is 44.0 Å². The Hall–Kier alpha value is -2.81. The highest BCUT2D eigenvalue weighted by Gasteiger charge is 2.28. The molecular weight excluding hydrogens is 456 g/mol. The van der Waals surface area contributed by atoms with E-state index in [1.165, 1.54) is 23.5 Å². The van der Waals surface area contributed by atoms with Crippen LogP contribution in [0.4, 0.5) is 0 Å². The summed E-state index contributed by atoms with van der Waals surface area (Å²) in [6.45, 7) is 3.23. The van der Waals surface area contributed by atoms with Crippen molar-refractivity contribution in [2.24, 2.45) is 5.92 Å². The zero-order valence-electron chi connectivity index (χ0n) is 18.4. The Bertz CT molecular complexity index is 1210. The monoisotopic (exact) mass is 482 g/mol. The van der Waals surface area contributed by atoms with Crippen LogP contribution in [-0.2, 0) is 16.6 Å². The van der Waals surface area contributed by atoms with E-state index in [1.54, 1.807) is 17.0 Å². The van der Waals surface area contributed by atoms with Crippen molar-refractivity contribution < 1.29 is 18.0 Å². The smallest absolute Gasteiger partial charge is 0.253 e. The Morgan fingerprint density at radius 2 is 1.61 bits per heavy atom. The van der Waals surface area contributed by atoms with Crippen molar-refractivity contribution in [2.45, 2.75) is 31.2 Å². The maximum Gasteiger partial charge on any atom is 0.253 e. The molecule has 3 aromatic rings. The molecule has 1 aliphatic rings. The van der Waals surface area contributed by atoms with Crippen LogP contribution >= 0.6 is 11.3 Å². The van der Waals surface area contributed by atoms with Gasteiger partial charge in [-0.1, -0.05) is 35.9 Å². The highest BCUT2D eigenvalue weighted by molar-refractivity contribution is 7.89. The molecule has 0 saturated carbocycles. The van der Waals surface area contributed by atoms with Crippen LogP contribution in [0.5, 0.6) is 0 Å². The van der Waals surface area contributed by atoms with Crippen molar-refractivity contribution >= 4 is 33.1 Å². The molecule has 172 valence electrons. The van der Waals surface area contributed by atoms with Gasteiger partial charge in [-0.2, -0.15) is 0 Å². The van der Waals surface area contributed by atoms with E-state index in [9.17, 15) is 18.0 Å². The van der Waals surface area contributed by atoms with Crippen molar-refractivity contribution in [1.82, 2.24) is 9.62 Å². The van der Waals surface area contributed by atoms with Crippen LogP contribution in [0.2, 0.25) is 0 Å². The molecule has 0 spiro atoms. The van der Waals surface area contributed by atoms with Gasteiger partial charge in [-0.05, 0) is 55.5 Å². The molecule has 0 atom stereocenters. The number of Topliss-reactive ketones (excluding diaryl/α,β-unsaturated/α-hetero) is 1. The van der Waals surface area contributed by atoms with Gasteiger partial charge < -0.3 is 4.90 Å². The van der Waals surface area contributed by atoms with Crippen molar-refractivity contribution in [2.75, 3.05) is 13.1 Å². The third-order valence-corrected chi connectivity index (χ3v) is 8.21. The highest BCUT2D eigenvalue weighted by atomic mass is 32.2. The van der Waals surface area contributed by atoms with Gasteiger partial charge in [0.1, 0.15) is 0 Å². The standard InChI is InChI=1S/C25H26N2O4S2/c1-18-4-6-19(7-5-18)24(28)20-12-14-27(15-13-20)25(29)21-8-10-23(11-9-21)33(30,31)26-17-22-3-2-16-32-22/h2-11,16,20,26H,12-15,17H2,1H3. The first-order chi connectivity index (χ1) is 15.8. The van der Waals surface area contributed by atoms with Gasteiger partial charge in [-0.25, -0.2) is 13.1 Å². The molecule has 33 heavy (non-hydrogen) atoms. The van der Waals surface area contributed by atoms with Gasteiger partial charge in [-0.15, -0.1) is 11.3 Å². The van der Waals surface area contributed by atoms with Crippen molar-refractivity contribution in [3.8, 4) is 0 Å². The van der Waals surface area contributed by atoms with E-state index in [0.29, 0.717) is 31.5 Å². The molecule has 2 heterocycles. The fourth-order valence-corrected chi connectivity index (χ4v) is 5.66. The SMILES string of the molecule is Cc1ccc(C(=O)C2CCN(C(=O)c3ccc(S(=O)(=O)NCc4cccs4)cc3)CC2)cc1. The fraction of sp³-hybridized carbons (Fsp3) is 0.280. The van der Waals surface area contributed by atoms with E-state index in [1.807, 2.05) is 48.7 Å². The Labute approximate surface area is 198 Å². The Kier molecular flexibility index (Phi) is 7.07. The van der Waals surface area contributed by atoms with Crippen LogP contribution in [0.15, 0.2) is 70.9 Å². The second kappa shape index (κ2) is 9.99. The van der Waals surface area contributed by atoms with E-state index in [-0.39, 0.29) is 29.0 Å². The van der Waals surface area contributed by atoms with E-state index in [4.69, 9.17) is 0 Å². The van der Waals surface area contributed by atoms with E-state index >= 15 is 0 Å². The summed E-state index contributed by atoms with van der Waals surface area (Å²) in [5, 5.41) is 1.89. The predicted octanol–water partition coefficient (Wildman–Crippen LogP) is 4.27. The summed E-state index contributed by atoms with van der Waals surface area (Å²) < 4.78 is 27.6. The maximum absolute atomic E-state index is 12.9. The van der Waals surface area contributed by atoms with Crippen LogP contribution in [-0.4, -0.2) is 38.1 Å². The molecule has 0 aliphatic carbocycles. The third kappa shape index (κ3) is 5.58. The van der Waals surface area contributed by atoms with Gasteiger partial charge in [0.15, 0.2) is 5.78 Å². The number of hydrogen-bond acceptors (Lipinski definition) is 5. The first-order valence-electron chi connectivity index (χ1n) is 10.9. The number of aryl methyl sites for hydroxylation is 1. The fourth-order valence-electron chi connectivity index (χ4n) is 3.92. The summed E-state index contributed by atoms with van der Waals surface area (Å²) in [7, 11) is -3.66. The van der Waals surface area contributed by atoms with Crippen molar-refractivity contribution in [3.05, 3.63) is 87.6 Å². The molecule has 8 heteroatoms. The largest absolute Gasteiger partial charge is 0.339 e. The van der Waals surface area contributed by atoms with Crippen LogP contribution < -0.4 is 4.72 Å². The number of piperidine rings is 1. The Morgan fingerprint density at radius 1 is 0.970 bits per heavy atom. The predicted molar refractivity (Wildman–Crippen MR) is 129 cm³/mol. The lowest BCUT2D eigenvalue weighted by Gasteiger charge is -2.31. The molecule has 0 bridgehead atoms. The molecule has 1 aromatic heterocycles. The summed E-state index contributed by atoms with van der Waals surface area (Å²) in [6, 6.07) is 17.3. The number of thiophene rings is 1. The summed E-state index contributed by atoms with van der Waals surface area (Å²) >= 11 is 1.48. The minimum Gasteiger partial charge on any atom is -0.339 e. The number of nitrogens with zero attached hydrogens (tertiary/aromatic N) is 1. The van der Waals surface area contributed by atoms with Crippen LogP contribution in [0.25, 0.3) is 0 Å². The third-order valence-electron chi connectivity index (χ3n) is 5.92. The molecule has 2 aromatic carbocycles. The summed E-state index contributed by atoms with van der Waals surface area (Å²) in [6.07, 6.45) is 1.25. The van der Waals surface area contributed by atoms with E-state index < -0.39 is 10.0 Å². The number of nitrogens with one attached hydrogen (secondary N) is 1. The molecule has 1 aliphatic heterocycles. The topological polar surface area (TPSA) is 83.6 Å². The first-order valence-corrected chi connectivity index (χ1v) is 13.2. The number of likely N-dealkylation sites (tertiary alicyclic amines) is 1. The number of amides is 1. The molecule has 0 radical (unpaired) electrons.